The molecule has 7 nitrogen and oxygen atoms in total. The van der Waals surface area contributed by atoms with Gasteiger partial charge in [0.15, 0.2) is 5.82 Å². The summed E-state index contributed by atoms with van der Waals surface area (Å²) in [7, 11) is 0. The van der Waals surface area contributed by atoms with E-state index < -0.39 is 12.1 Å². The maximum atomic E-state index is 10.6. The van der Waals surface area contributed by atoms with E-state index in [2.05, 4.69) is 20.6 Å². The lowest BCUT2D eigenvalue weighted by Gasteiger charge is -2.23. The van der Waals surface area contributed by atoms with Crippen molar-refractivity contribution in [1.82, 2.24) is 20.6 Å². The number of aromatic amines is 1. The van der Waals surface area contributed by atoms with Gasteiger partial charge >= 0.3 is 12.1 Å². The molecule has 10 heteroatoms. The van der Waals surface area contributed by atoms with Gasteiger partial charge in [0.1, 0.15) is 0 Å². The summed E-state index contributed by atoms with van der Waals surface area (Å²) in [6.45, 7) is 0. The Hall–Kier alpha value is -1.71. The first-order valence-corrected chi connectivity index (χ1v) is 5.59. The SMILES string of the molecule is NC1CCC(c2nn[nH]n2)CC1.O=C(O)C(F)(F)F. The van der Waals surface area contributed by atoms with Crippen LogP contribution in [0.15, 0.2) is 0 Å². The molecule has 2 rings (SSSR count). The van der Waals surface area contributed by atoms with E-state index in [1.165, 1.54) is 0 Å². The topological polar surface area (TPSA) is 118 Å². The van der Waals surface area contributed by atoms with Crippen LogP contribution in [0.2, 0.25) is 0 Å². The number of nitrogens with two attached hydrogens (primary N) is 1. The fourth-order valence-electron chi connectivity index (χ4n) is 1.72. The Labute approximate surface area is 106 Å². The molecule has 0 amide bonds. The third-order valence-electron chi connectivity index (χ3n) is 2.74. The summed E-state index contributed by atoms with van der Waals surface area (Å²) in [6.07, 6.45) is -0.722. The Bertz CT molecular complexity index is 387. The number of carboxylic acids is 1. The second kappa shape index (κ2) is 6.45. The smallest absolute Gasteiger partial charge is 0.475 e. The first-order chi connectivity index (χ1) is 8.80. The number of hydrogen-bond acceptors (Lipinski definition) is 5. The van der Waals surface area contributed by atoms with Gasteiger partial charge in [0, 0.05) is 12.0 Å². The molecule has 108 valence electrons. The molecule has 0 unspecified atom stereocenters. The molecule has 0 spiro atoms. The quantitative estimate of drug-likeness (QED) is 0.701. The van der Waals surface area contributed by atoms with Gasteiger partial charge in [-0.15, -0.1) is 10.2 Å². The van der Waals surface area contributed by atoms with E-state index in [-0.39, 0.29) is 0 Å². The predicted octanol–water partition coefficient (Wildman–Crippen LogP) is 0.818. The summed E-state index contributed by atoms with van der Waals surface area (Å²) >= 11 is 0. The molecule has 19 heavy (non-hydrogen) atoms. The maximum absolute atomic E-state index is 10.6. The fourth-order valence-corrected chi connectivity index (χ4v) is 1.72. The van der Waals surface area contributed by atoms with Crippen LogP contribution in [0.5, 0.6) is 0 Å². The number of carboxylic acid groups (broad SMARTS) is 1. The normalized spacial score (nSPS) is 23.4. The second-order valence-electron chi connectivity index (χ2n) is 4.18. The number of carbonyl (C=O) groups is 1. The van der Waals surface area contributed by atoms with Crippen LogP contribution in [-0.2, 0) is 4.79 Å². The molecule has 1 aromatic rings. The van der Waals surface area contributed by atoms with Crippen molar-refractivity contribution >= 4 is 5.97 Å². The fraction of sp³-hybridized carbons (Fsp3) is 0.778. The van der Waals surface area contributed by atoms with Crippen molar-refractivity contribution in [3.8, 4) is 0 Å². The minimum atomic E-state index is -5.08. The zero-order valence-corrected chi connectivity index (χ0v) is 9.89. The zero-order chi connectivity index (χ0) is 14.5. The summed E-state index contributed by atoms with van der Waals surface area (Å²) in [5.41, 5.74) is 5.79. The Morgan fingerprint density at radius 3 is 2.21 bits per heavy atom. The van der Waals surface area contributed by atoms with Gasteiger partial charge in [-0.05, 0) is 25.7 Å². The van der Waals surface area contributed by atoms with E-state index in [4.69, 9.17) is 15.6 Å². The largest absolute Gasteiger partial charge is 0.490 e. The van der Waals surface area contributed by atoms with Crippen LogP contribution in [0.1, 0.15) is 37.4 Å². The van der Waals surface area contributed by atoms with Crippen molar-refractivity contribution in [2.45, 2.75) is 43.8 Å². The highest BCUT2D eigenvalue weighted by atomic mass is 19.4. The van der Waals surface area contributed by atoms with Gasteiger partial charge in [0.05, 0.1) is 0 Å². The van der Waals surface area contributed by atoms with Crippen molar-refractivity contribution in [2.24, 2.45) is 5.73 Å². The highest BCUT2D eigenvalue weighted by Gasteiger charge is 2.38. The number of hydrogen-bond donors (Lipinski definition) is 3. The molecule has 1 fully saturated rings. The van der Waals surface area contributed by atoms with Crippen molar-refractivity contribution in [1.29, 1.82) is 0 Å². The van der Waals surface area contributed by atoms with Gasteiger partial charge in [0.25, 0.3) is 0 Å². The number of H-pyrrole nitrogens is 1. The lowest BCUT2D eigenvalue weighted by atomic mass is 9.86. The zero-order valence-electron chi connectivity index (χ0n) is 9.89. The lowest BCUT2D eigenvalue weighted by Crippen LogP contribution is -2.26. The number of rotatable bonds is 1. The number of nitrogens with one attached hydrogen (secondary N) is 1. The summed E-state index contributed by atoms with van der Waals surface area (Å²) in [6, 6.07) is 0.383. The first kappa shape index (κ1) is 15.3. The third kappa shape index (κ3) is 5.20. The minimum absolute atomic E-state index is 0.383. The van der Waals surface area contributed by atoms with Gasteiger partial charge in [-0.25, -0.2) is 4.79 Å². The van der Waals surface area contributed by atoms with Crippen LogP contribution < -0.4 is 5.73 Å². The van der Waals surface area contributed by atoms with E-state index in [9.17, 15) is 13.2 Å². The monoisotopic (exact) mass is 281 g/mol. The van der Waals surface area contributed by atoms with Crippen LogP contribution in [0, 0.1) is 0 Å². The molecule has 0 saturated heterocycles. The average Bonchev–Trinajstić information content (AvgIpc) is 2.83. The van der Waals surface area contributed by atoms with Crippen LogP contribution >= 0.6 is 0 Å². The minimum Gasteiger partial charge on any atom is -0.475 e. The molecule has 0 radical (unpaired) electrons. The molecule has 1 heterocycles. The summed E-state index contributed by atoms with van der Waals surface area (Å²) < 4.78 is 31.7. The van der Waals surface area contributed by atoms with E-state index in [1.807, 2.05) is 0 Å². The molecular formula is C9H14F3N5O2. The van der Waals surface area contributed by atoms with E-state index in [0.29, 0.717) is 12.0 Å². The molecular weight excluding hydrogens is 267 g/mol. The van der Waals surface area contributed by atoms with E-state index >= 15 is 0 Å². The Morgan fingerprint density at radius 1 is 1.32 bits per heavy atom. The van der Waals surface area contributed by atoms with Gasteiger partial charge in [-0.2, -0.15) is 18.4 Å². The number of alkyl halides is 3. The lowest BCUT2D eigenvalue weighted by molar-refractivity contribution is -0.192. The van der Waals surface area contributed by atoms with Gasteiger partial charge < -0.3 is 10.8 Å². The number of nitrogens with zero attached hydrogens (tertiary/aromatic N) is 3. The van der Waals surface area contributed by atoms with Crippen LogP contribution in [-0.4, -0.2) is 43.9 Å². The second-order valence-corrected chi connectivity index (χ2v) is 4.18. The molecule has 0 bridgehead atoms. The van der Waals surface area contributed by atoms with E-state index in [0.717, 1.165) is 31.5 Å². The number of aliphatic carboxylic acids is 1. The van der Waals surface area contributed by atoms with Gasteiger partial charge in [-0.1, -0.05) is 5.21 Å². The molecule has 4 N–H and O–H groups in total. The van der Waals surface area contributed by atoms with Crippen molar-refractivity contribution in [3.05, 3.63) is 5.82 Å². The molecule has 1 aliphatic carbocycles. The highest BCUT2D eigenvalue weighted by molar-refractivity contribution is 5.73. The number of tetrazole rings is 1. The highest BCUT2D eigenvalue weighted by Crippen LogP contribution is 2.29. The molecule has 0 aliphatic heterocycles. The standard InChI is InChI=1S/C7H13N5.C2HF3O2/c8-6-3-1-5(2-4-6)7-9-11-12-10-7;3-2(4,5)1(6)7/h5-6H,1-4,8H2,(H,9,10,11,12);(H,6,7). The molecule has 1 saturated carbocycles. The van der Waals surface area contributed by atoms with Crippen LogP contribution in [0.3, 0.4) is 0 Å². The first-order valence-electron chi connectivity index (χ1n) is 5.59. The van der Waals surface area contributed by atoms with Crippen LogP contribution in [0.25, 0.3) is 0 Å². The number of halogens is 3. The Kier molecular flexibility index (Phi) is 5.21. The molecule has 0 aromatic carbocycles. The third-order valence-corrected chi connectivity index (χ3v) is 2.74. The van der Waals surface area contributed by atoms with Crippen molar-refractivity contribution in [3.63, 3.8) is 0 Å². The predicted molar refractivity (Wildman–Crippen MR) is 57.1 cm³/mol. The van der Waals surface area contributed by atoms with Crippen LogP contribution in [0.4, 0.5) is 13.2 Å². The summed E-state index contributed by atoms with van der Waals surface area (Å²) in [4.78, 5) is 8.90. The summed E-state index contributed by atoms with van der Waals surface area (Å²) in [5.74, 6) is -1.43. The van der Waals surface area contributed by atoms with E-state index in [1.54, 1.807) is 0 Å². The maximum Gasteiger partial charge on any atom is 0.490 e. The van der Waals surface area contributed by atoms with Crippen molar-refractivity contribution in [2.75, 3.05) is 0 Å². The van der Waals surface area contributed by atoms with Crippen molar-refractivity contribution < 1.29 is 23.1 Å². The van der Waals surface area contributed by atoms with Gasteiger partial charge in [-0.3, -0.25) is 0 Å². The Morgan fingerprint density at radius 2 is 1.84 bits per heavy atom. The molecule has 1 aliphatic rings. The average molecular weight is 281 g/mol. The summed E-state index contributed by atoms with van der Waals surface area (Å²) in [5, 5.41) is 21.1. The van der Waals surface area contributed by atoms with Gasteiger partial charge in [0.2, 0.25) is 0 Å². The molecule has 1 aromatic heterocycles. The molecule has 0 atom stereocenters. The number of aromatic nitrogens is 4. The Balaban J connectivity index is 0.000000224.